The number of para-hydroxylation sites is 1. The first-order chi connectivity index (χ1) is 9.13. The van der Waals surface area contributed by atoms with Crippen molar-refractivity contribution in [2.45, 2.75) is 25.9 Å². The first-order valence-electron chi connectivity index (χ1n) is 6.49. The number of nitrogens with one attached hydrogen (secondary N) is 1. The van der Waals surface area contributed by atoms with Gasteiger partial charge in [0, 0.05) is 31.0 Å². The van der Waals surface area contributed by atoms with E-state index in [1.165, 1.54) is 0 Å². The second-order valence-corrected chi connectivity index (χ2v) is 4.75. The summed E-state index contributed by atoms with van der Waals surface area (Å²) in [6, 6.07) is 8.46. The number of aryl methyl sites for hydroxylation is 1. The lowest BCUT2D eigenvalue weighted by molar-refractivity contribution is 0.394. The van der Waals surface area contributed by atoms with Gasteiger partial charge in [-0.05, 0) is 19.9 Å². The maximum atomic E-state index is 5.40. The van der Waals surface area contributed by atoms with Gasteiger partial charge >= 0.3 is 0 Å². The molecule has 4 nitrogen and oxygen atoms in total. The van der Waals surface area contributed by atoms with E-state index in [0.29, 0.717) is 0 Å². The van der Waals surface area contributed by atoms with Crippen LogP contribution in [0.1, 0.15) is 37.3 Å². The Morgan fingerprint density at radius 3 is 2.58 bits per heavy atom. The normalized spacial score (nSPS) is 14.1. The number of hydrogen-bond donors (Lipinski definition) is 1. The van der Waals surface area contributed by atoms with Crippen LogP contribution >= 0.6 is 0 Å². The Balaban J connectivity index is 2.13. The zero-order valence-electron chi connectivity index (χ0n) is 11.9. The van der Waals surface area contributed by atoms with Crippen LogP contribution < -0.4 is 10.1 Å². The zero-order valence-corrected chi connectivity index (χ0v) is 11.9. The van der Waals surface area contributed by atoms with Crippen LogP contribution in [0.25, 0.3) is 0 Å². The smallest absolute Gasteiger partial charge is 0.125 e. The van der Waals surface area contributed by atoms with Crippen molar-refractivity contribution in [2.75, 3.05) is 7.11 Å². The topological polar surface area (TPSA) is 39.1 Å². The molecule has 0 aliphatic carbocycles. The van der Waals surface area contributed by atoms with Crippen LogP contribution in [0.4, 0.5) is 0 Å². The Labute approximate surface area is 114 Å². The molecule has 0 saturated carbocycles. The Bertz CT molecular complexity index is 536. The summed E-state index contributed by atoms with van der Waals surface area (Å²) in [6.07, 6.45) is 3.78. The molecule has 4 heteroatoms. The highest BCUT2D eigenvalue weighted by Crippen LogP contribution is 2.26. The molecule has 0 saturated heterocycles. The van der Waals surface area contributed by atoms with Gasteiger partial charge in [-0.25, -0.2) is 4.98 Å². The van der Waals surface area contributed by atoms with Crippen LogP contribution in [0.2, 0.25) is 0 Å². The molecule has 0 fully saturated rings. The van der Waals surface area contributed by atoms with Crippen molar-refractivity contribution in [3.8, 4) is 5.75 Å². The molecule has 1 unspecified atom stereocenters. The molecular weight excluding hydrogens is 238 g/mol. The van der Waals surface area contributed by atoms with Crippen LogP contribution in [0.15, 0.2) is 36.7 Å². The largest absolute Gasteiger partial charge is 0.496 e. The molecule has 1 heterocycles. The van der Waals surface area contributed by atoms with Crippen LogP contribution in [0, 0.1) is 0 Å². The van der Waals surface area contributed by atoms with Gasteiger partial charge in [-0.15, -0.1) is 0 Å². The van der Waals surface area contributed by atoms with E-state index in [-0.39, 0.29) is 12.1 Å². The molecule has 2 rings (SSSR count). The third kappa shape index (κ3) is 2.96. The maximum absolute atomic E-state index is 5.40. The minimum atomic E-state index is 0.180. The number of methoxy groups -OCH3 is 1. The van der Waals surface area contributed by atoms with Crippen molar-refractivity contribution >= 4 is 0 Å². The fourth-order valence-corrected chi connectivity index (χ4v) is 2.36. The lowest BCUT2D eigenvalue weighted by Crippen LogP contribution is -2.25. The van der Waals surface area contributed by atoms with E-state index < -0.39 is 0 Å². The molecule has 19 heavy (non-hydrogen) atoms. The molecule has 0 radical (unpaired) electrons. The fraction of sp³-hybridized carbons (Fsp3) is 0.400. The van der Waals surface area contributed by atoms with Gasteiger partial charge in [-0.3, -0.25) is 0 Å². The van der Waals surface area contributed by atoms with E-state index in [1.807, 2.05) is 42.2 Å². The van der Waals surface area contributed by atoms with E-state index in [4.69, 9.17) is 4.74 Å². The van der Waals surface area contributed by atoms with Gasteiger partial charge in [0.05, 0.1) is 13.2 Å². The summed E-state index contributed by atoms with van der Waals surface area (Å²) in [5.74, 6) is 1.94. The van der Waals surface area contributed by atoms with Crippen molar-refractivity contribution in [2.24, 2.45) is 7.05 Å². The minimum absolute atomic E-state index is 0.180. The summed E-state index contributed by atoms with van der Waals surface area (Å²) in [5.41, 5.74) is 1.16. The average molecular weight is 259 g/mol. The Hall–Kier alpha value is -1.81. The molecule has 1 aromatic heterocycles. The maximum Gasteiger partial charge on any atom is 0.125 e. The predicted molar refractivity (Wildman–Crippen MR) is 76.2 cm³/mol. The third-order valence-electron chi connectivity index (χ3n) is 3.35. The van der Waals surface area contributed by atoms with Crippen molar-refractivity contribution in [3.63, 3.8) is 0 Å². The number of imidazole rings is 1. The summed E-state index contributed by atoms with van der Waals surface area (Å²) in [7, 11) is 3.71. The summed E-state index contributed by atoms with van der Waals surface area (Å²) < 4.78 is 7.44. The lowest BCUT2D eigenvalue weighted by atomic mass is 10.1. The van der Waals surface area contributed by atoms with Crippen LogP contribution in [-0.2, 0) is 7.05 Å². The summed E-state index contributed by atoms with van der Waals surface area (Å²) >= 11 is 0. The van der Waals surface area contributed by atoms with E-state index in [9.17, 15) is 0 Å². The molecule has 2 atom stereocenters. The van der Waals surface area contributed by atoms with E-state index in [0.717, 1.165) is 17.1 Å². The van der Waals surface area contributed by atoms with Gasteiger partial charge in [0.15, 0.2) is 0 Å². The molecule has 0 aliphatic heterocycles. The van der Waals surface area contributed by atoms with Crippen molar-refractivity contribution in [1.82, 2.24) is 14.9 Å². The molecule has 102 valence electrons. The summed E-state index contributed by atoms with van der Waals surface area (Å²) in [4.78, 5) is 4.37. The highest BCUT2D eigenvalue weighted by molar-refractivity contribution is 5.35. The summed E-state index contributed by atoms with van der Waals surface area (Å²) in [6.45, 7) is 4.26. The highest BCUT2D eigenvalue weighted by Gasteiger charge is 2.16. The molecule has 0 bridgehead atoms. The average Bonchev–Trinajstić information content (AvgIpc) is 2.85. The van der Waals surface area contributed by atoms with Crippen molar-refractivity contribution < 1.29 is 4.74 Å². The number of ether oxygens (including phenoxy) is 1. The van der Waals surface area contributed by atoms with Crippen LogP contribution in [0.3, 0.4) is 0 Å². The lowest BCUT2D eigenvalue weighted by Gasteiger charge is -2.21. The molecule has 2 aromatic rings. The SMILES string of the molecule is COc1ccccc1[C@@H](C)NC(C)c1nccn1C. The monoisotopic (exact) mass is 259 g/mol. The highest BCUT2D eigenvalue weighted by atomic mass is 16.5. The van der Waals surface area contributed by atoms with Crippen molar-refractivity contribution in [1.29, 1.82) is 0 Å². The Morgan fingerprint density at radius 2 is 1.95 bits per heavy atom. The van der Waals surface area contributed by atoms with E-state index >= 15 is 0 Å². The van der Waals surface area contributed by atoms with Gasteiger partial charge in [-0.1, -0.05) is 18.2 Å². The molecule has 1 N–H and O–H groups in total. The van der Waals surface area contributed by atoms with Gasteiger partial charge in [0.1, 0.15) is 11.6 Å². The minimum Gasteiger partial charge on any atom is -0.496 e. The van der Waals surface area contributed by atoms with Gasteiger partial charge in [0.2, 0.25) is 0 Å². The number of rotatable bonds is 5. The van der Waals surface area contributed by atoms with Crippen LogP contribution in [0.5, 0.6) is 5.75 Å². The first-order valence-corrected chi connectivity index (χ1v) is 6.49. The van der Waals surface area contributed by atoms with Gasteiger partial charge in [0.25, 0.3) is 0 Å². The zero-order chi connectivity index (χ0) is 13.8. The van der Waals surface area contributed by atoms with Gasteiger partial charge < -0.3 is 14.6 Å². The molecular formula is C15H21N3O. The second-order valence-electron chi connectivity index (χ2n) is 4.75. The first kappa shape index (κ1) is 13.6. The second kappa shape index (κ2) is 5.89. The standard InChI is InChI=1S/C15H21N3O/c1-11(13-7-5-6-8-14(13)19-4)17-12(2)15-16-9-10-18(15)3/h5-12,17H,1-4H3/t11-,12?/m1/s1. The summed E-state index contributed by atoms with van der Waals surface area (Å²) in [5, 5.41) is 3.55. The number of benzene rings is 1. The van der Waals surface area contributed by atoms with E-state index in [2.05, 4.69) is 30.2 Å². The molecule has 0 amide bonds. The number of nitrogens with zero attached hydrogens (tertiary/aromatic N) is 2. The third-order valence-corrected chi connectivity index (χ3v) is 3.35. The van der Waals surface area contributed by atoms with E-state index in [1.54, 1.807) is 7.11 Å². The van der Waals surface area contributed by atoms with Gasteiger partial charge in [-0.2, -0.15) is 0 Å². The quantitative estimate of drug-likeness (QED) is 0.897. The number of aromatic nitrogens is 2. The Kier molecular flexibility index (Phi) is 4.22. The fourth-order valence-electron chi connectivity index (χ4n) is 2.36. The van der Waals surface area contributed by atoms with Crippen molar-refractivity contribution in [3.05, 3.63) is 48.0 Å². The molecule has 1 aromatic carbocycles. The molecule has 0 aliphatic rings. The molecule has 0 spiro atoms. The van der Waals surface area contributed by atoms with Crippen LogP contribution in [-0.4, -0.2) is 16.7 Å². The predicted octanol–water partition coefficient (Wildman–Crippen LogP) is 2.84. The number of hydrogen-bond acceptors (Lipinski definition) is 3. The Morgan fingerprint density at radius 1 is 1.21 bits per heavy atom.